The van der Waals surface area contributed by atoms with Gasteiger partial charge < -0.3 is 33.8 Å². The monoisotopic (exact) mass is 268 g/mol. The molecule has 0 aromatic heterocycles. The van der Waals surface area contributed by atoms with E-state index < -0.39 is 5.97 Å². The van der Waals surface area contributed by atoms with Crippen LogP contribution in [-0.2, 0) is 4.79 Å². The third kappa shape index (κ3) is 31.3. The van der Waals surface area contributed by atoms with Crippen LogP contribution in [0, 0.1) is 0 Å². The van der Waals surface area contributed by atoms with Crippen molar-refractivity contribution < 1.29 is 33.8 Å². The van der Waals surface area contributed by atoms with Gasteiger partial charge in [-0.05, 0) is 39.2 Å². The molecule has 0 unspecified atom stereocenters. The first-order valence-electron chi connectivity index (χ1n) is 5.82. The summed E-state index contributed by atoms with van der Waals surface area (Å²) in [5.74, 6) is -1.08. The van der Waals surface area contributed by atoms with Crippen molar-refractivity contribution in [2.75, 3.05) is 13.1 Å². The maximum Gasteiger partial charge on any atom is 0.0737 e. The zero-order chi connectivity index (χ0) is 13.6. The second kappa shape index (κ2) is 20.8. The Morgan fingerprint density at radius 1 is 1.00 bits per heavy atom. The summed E-state index contributed by atoms with van der Waals surface area (Å²) in [6.45, 7) is 11.4. The zero-order valence-electron chi connectivity index (χ0n) is 11.9. The average Bonchev–Trinajstić information content (AvgIpc) is 2.28. The van der Waals surface area contributed by atoms with Crippen LogP contribution < -0.4 is 29.0 Å². The molecule has 106 valence electrons. The molecule has 0 aromatic carbocycles. The van der Waals surface area contributed by atoms with Gasteiger partial charge in [0, 0.05) is 0 Å². The highest BCUT2D eigenvalue weighted by Gasteiger charge is 1.88. The molecule has 0 aliphatic rings. The highest BCUT2D eigenvalue weighted by molar-refractivity contribution is 5.84. The molecule has 0 aromatic rings. The van der Waals surface area contributed by atoms with Crippen molar-refractivity contribution in [2.24, 2.45) is 0 Å². The molecule has 0 rings (SSSR count). The van der Waals surface area contributed by atoms with Crippen molar-refractivity contribution in [1.82, 2.24) is 0 Å². The zero-order valence-corrected chi connectivity index (χ0v) is 12.7. The number of carboxylic acids is 1. The molecule has 0 bridgehead atoms. The third-order valence-corrected chi connectivity index (χ3v) is 1.76. The minimum atomic E-state index is -1.08. The van der Waals surface area contributed by atoms with Crippen LogP contribution in [0.25, 0.3) is 0 Å². The SMILES string of the molecule is CC(C)=C(C)C(=O)[O-].CCC[NH3+].CCC[NH3+].[Cl-]. The van der Waals surface area contributed by atoms with Crippen LogP contribution in [0.1, 0.15) is 47.5 Å². The topological polar surface area (TPSA) is 95.4 Å². The van der Waals surface area contributed by atoms with Crippen LogP contribution in [0.4, 0.5) is 0 Å². The van der Waals surface area contributed by atoms with Gasteiger partial charge in [0.25, 0.3) is 0 Å². The standard InChI is InChI=1S/C6H10O2.2C3H9N.ClH/c1-4(2)5(3)6(7)8;2*1-2-3-4;/h1-3H3,(H,7,8);2*2-4H2,1H3;1H. The Labute approximate surface area is 112 Å². The summed E-state index contributed by atoms with van der Waals surface area (Å²) in [5, 5.41) is 9.97. The average molecular weight is 269 g/mol. The maximum atomic E-state index is 9.97. The van der Waals surface area contributed by atoms with Crippen molar-refractivity contribution in [3.63, 3.8) is 0 Å². The molecule has 0 radical (unpaired) electrons. The lowest BCUT2D eigenvalue weighted by molar-refractivity contribution is -0.367. The summed E-state index contributed by atoms with van der Waals surface area (Å²) in [5.41, 5.74) is 8.33. The number of rotatable bonds is 3. The lowest BCUT2D eigenvalue weighted by Crippen LogP contribution is -3.00. The first kappa shape index (κ1) is 25.3. The first-order chi connectivity index (χ1) is 7.38. The third-order valence-electron chi connectivity index (χ3n) is 1.76. The lowest BCUT2D eigenvalue weighted by Gasteiger charge is -2.01. The first-order valence-corrected chi connectivity index (χ1v) is 5.82. The molecule has 0 spiro atoms. The lowest BCUT2D eigenvalue weighted by atomic mass is 10.2. The molecule has 0 saturated heterocycles. The number of quaternary nitrogens is 2. The predicted octanol–water partition coefficient (Wildman–Crippen LogP) is -3.63. The van der Waals surface area contributed by atoms with Crippen molar-refractivity contribution in [2.45, 2.75) is 47.5 Å². The number of allylic oxidation sites excluding steroid dienone is 1. The number of hydrogen-bond donors (Lipinski definition) is 2. The van der Waals surface area contributed by atoms with Crippen LogP contribution in [0.2, 0.25) is 0 Å². The summed E-state index contributed by atoms with van der Waals surface area (Å²) in [6.07, 6.45) is 2.42. The molecule has 0 saturated carbocycles. The van der Waals surface area contributed by atoms with E-state index in [1.807, 2.05) is 0 Å². The fourth-order valence-corrected chi connectivity index (χ4v) is 0.204. The Hall–Kier alpha value is -0.580. The summed E-state index contributed by atoms with van der Waals surface area (Å²) in [6, 6.07) is 0. The maximum absolute atomic E-state index is 9.97. The Morgan fingerprint density at radius 3 is 1.24 bits per heavy atom. The Balaban J connectivity index is -0.0000000806. The molecule has 4 nitrogen and oxygen atoms in total. The molecule has 0 fully saturated rings. The summed E-state index contributed by atoms with van der Waals surface area (Å²) < 4.78 is 0. The van der Waals surface area contributed by atoms with E-state index in [1.54, 1.807) is 13.8 Å². The highest BCUT2D eigenvalue weighted by Crippen LogP contribution is 1.98. The number of carbonyl (C=O) groups is 1. The fourth-order valence-electron chi connectivity index (χ4n) is 0.204. The van der Waals surface area contributed by atoms with Gasteiger partial charge in [-0.25, -0.2) is 0 Å². The summed E-state index contributed by atoms with van der Waals surface area (Å²) in [7, 11) is 0. The molecule has 6 N–H and O–H groups in total. The van der Waals surface area contributed by atoms with Crippen LogP contribution in [0.5, 0.6) is 0 Å². The van der Waals surface area contributed by atoms with Gasteiger partial charge >= 0.3 is 0 Å². The molecular weight excluding hydrogens is 240 g/mol. The van der Waals surface area contributed by atoms with E-state index in [0.29, 0.717) is 5.57 Å². The van der Waals surface area contributed by atoms with Gasteiger partial charge in [0.1, 0.15) is 0 Å². The van der Waals surface area contributed by atoms with E-state index in [0.717, 1.165) is 18.7 Å². The van der Waals surface area contributed by atoms with E-state index in [-0.39, 0.29) is 12.4 Å². The quantitative estimate of drug-likeness (QED) is 0.517. The molecule has 0 aliphatic carbocycles. The van der Waals surface area contributed by atoms with Gasteiger partial charge in [0.2, 0.25) is 0 Å². The van der Waals surface area contributed by atoms with E-state index in [2.05, 4.69) is 25.3 Å². The molecule has 0 aliphatic heterocycles. The van der Waals surface area contributed by atoms with Gasteiger partial charge in [-0.1, -0.05) is 19.4 Å². The van der Waals surface area contributed by atoms with Gasteiger partial charge in [0.15, 0.2) is 0 Å². The van der Waals surface area contributed by atoms with Crippen LogP contribution >= 0.6 is 0 Å². The molecule has 5 heteroatoms. The van der Waals surface area contributed by atoms with Crippen molar-refractivity contribution >= 4 is 5.97 Å². The second-order valence-corrected chi connectivity index (χ2v) is 3.62. The minimum absolute atomic E-state index is 0. The van der Waals surface area contributed by atoms with E-state index >= 15 is 0 Å². The number of halogens is 1. The number of hydrogen-bond acceptors (Lipinski definition) is 2. The van der Waals surface area contributed by atoms with Gasteiger partial charge in [0.05, 0.1) is 19.1 Å². The largest absolute Gasteiger partial charge is 1.00 e. The normalized spacial score (nSPS) is 7.47. The Morgan fingerprint density at radius 2 is 1.24 bits per heavy atom. The van der Waals surface area contributed by atoms with E-state index in [4.69, 9.17) is 0 Å². The summed E-state index contributed by atoms with van der Waals surface area (Å²) in [4.78, 5) is 9.97. The van der Waals surface area contributed by atoms with Crippen LogP contribution in [0.3, 0.4) is 0 Å². The minimum Gasteiger partial charge on any atom is -1.00 e. The second-order valence-electron chi connectivity index (χ2n) is 3.62. The van der Waals surface area contributed by atoms with E-state index in [9.17, 15) is 9.90 Å². The number of carbonyl (C=O) groups excluding carboxylic acids is 1. The summed E-state index contributed by atoms with van der Waals surface area (Å²) >= 11 is 0. The fraction of sp³-hybridized carbons (Fsp3) is 0.750. The van der Waals surface area contributed by atoms with Crippen LogP contribution in [0.15, 0.2) is 11.1 Å². The molecule has 17 heavy (non-hydrogen) atoms. The smallest absolute Gasteiger partial charge is 0.0737 e. The van der Waals surface area contributed by atoms with Gasteiger partial charge in [-0.2, -0.15) is 0 Å². The van der Waals surface area contributed by atoms with Gasteiger partial charge in [-0.3, -0.25) is 0 Å². The predicted molar refractivity (Wildman–Crippen MR) is 65.1 cm³/mol. The van der Waals surface area contributed by atoms with Gasteiger partial charge in [-0.15, -0.1) is 0 Å². The molecule has 0 heterocycles. The van der Waals surface area contributed by atoms with E-state index in [1.165, 1.54) is 19.8 Å². The molecular formula is C12H29ClN2O2. The molecule has 0 atom stereocenters. The number of carboxylic acid groups (broad SMARTS) is 1. The highest BCUT2D eigenvalue weighted by atomic mass is 35.5. The molecule has 0 amide bonds. The van der Waals surface area contributed by atoms with Crippen molar-refractivity contribution in [3.8, 4) is 0 Å². The Bertz CT molecular complexity index is 183. The number of aliphatic carboxylic acids is 1. The van der Waals surface area contributed by atoms with Crippen molar-refractivity contribution in [3.05, 3.63) is 11.1 Å². The van der Waals surface area contributed by atoms with Crippen molar-refractivity contribution in [1.29, 1.82) is 0 Å². The Kier molecular flexibility index (Phi) is 30.9. The van der Waals surface area contributed by atoms with Crippen LogP contribution in [-0.4, -0.2) is 19.1 Å².